The van der Waals surface area contributed by atoms with Gasteiger partial charge in [-0.05, 0) is 40.9 Å². The molecule has 1 saturated heterocycles. The number of pyridine rings is 1. The highest BCUT2D eigenvalue weighted by Gasteiger charge is 2.36. The quantitative estimate of drug-likeness (QED) is 0.860. The summed E-state index contributed by atoms with van der Waals surface area (Å²) in [6.45, 7) is 3.63. The number of alkyl halides is 1. The molecular formula is C12H15BrFN3. The molecule has 3 rings (SSSR count). The monoisotopic (exact) mass is 299 g/mol. The van der Waals surface area contributed by atoms with E-state index >= 15 is 0 Å². The summed E-state index contributed by atoms with van der Waals surface area (Å²) in [5.74, 6) is 0.986. The van der Waals surface area contributed by atoms with Crippen LogP contribution in [0.2, 0.25) is 0 Å². The zero-order chi connectivity index (χ0) is 12.0. The first-order valence-corrected chi connectivity index (χ1v) is 6.73. The molecule has 3 heterocycles. The van der Waals surface area contributed by atoms with Crippen molar-refractivity contribution >= 4 is 21.7 Å². The van der Waals surface area contributed by atoms with Crippen LogP contribution in [0.1, 0.15) is 18.2 Å². The van der Waals surface area contributed by atoms with Crippen LogP contribution in [0, 0.1) is 0 Å². The van der Waals surface area contributed by atoms with Gasteiger partial charge < -0.3 is 10.2 Å². The van der Waals surface area contributed by atoms with E-state index in [-0.39, 0.29) is 0 Å². The van der Waals surface area contributed by atoms with Crippen molar-refractivity contribution in [2.24, 2.45) is 0 Å². The van der Waals surface area contributed by atoms with E-state index in [1.54, 1.807) is 0 Å². The van der Waals surface area contributed by atoms with Gasteiger partial charge in [0.15, 0.2) is 0 Å². The minimum absolute atomic E-state index is 0.427. The molecule has 0 spiro atoms. The van der Waals surface area contributed by atoms with Crippen LogP contribution in [0.4, 0.5) is 10.2 Å². The fourth-order valence-electron chi connectivity index (χ4n) is 2.84. The smallest absolute Gasteiger partial charge is 0.133 e. The lowest BCUT2D eigenvalue weighted by atomic mass is 10.1. The van der Waals surface area contributed by atoms with Crippen molar-refractivity contribution in [3.63, 3.8) is 0 Å². The molecule has 2 atom stereocenters. The van der Waals surface area contributed by atoms with E-state index < -0.39 is 6.67 Å². The van der Waals surface area contributed by atoms with Crippen LogP contribution in [-0.2, 0) is 13.1 Å². The Balaban J connectivity index is 2.05. The number of piperazine rings is 1. The summed E-state index contributed by atoms with van der Waals surface area (Å²) in [7, 11) is 0. The Morgan fingerprint density at radius 1 is 1.59 bits per heavy atom. The fourth-order valence-corrected chi connectivity index (χ4v) is 3.31. The van der Waals surface area contributed by atoms with Crippen molar-refractivity contribution in [3.8, 4) is 0 Å². The van der Waals surface area contributed by atoms with Crippen molar-refractivity contribution < 1.29 is 4.39 Å². The molecule has 1 aromatic rings. The van der Waals surface area contributed by atoms with Crippen LogP contribution in [0.25, 0.3) is 0 Å². The maximum atomic E-state index is 12.9. The van der Waals surface area contributed by atoms with Crippen LogP contribution in [0.5, 0.6) is 0 Å². The second-order valence-corrected chi connectivity index (χ2v) is 5.66. The van der Waals surface area contributed by atoms with E-state index in [1.165, 1.54) is 5.56 Å². The summed E-state index contributed by atoms with van der Waals surface area (Å²) < 4.78 is 13.6. The number of hydrogen-bond donors (Lipinski definition) is 1. The third kappa shape index (κ3) is 1.76. The van der Waals surface area contributed by atoms with E-state index in [9.17, 15) is 4.39 Å². The predicted octanol–water partition coefficient (Wildman–Crippen LogP) is 2.04. The number of nitrogens with zero attached hydrogens (tertiary/aromatic N) is 2. The van der Waals surface area contributed by atoms with E-state index in [1.807, 2.05) is 6.07 Å². The molecule has 2 aliphatic rings. The maximum Gasteiger partial charge on any atom is 0.133 e. The lowest BCUT2D eigenvalue weighted by Gasteiger charge is -2.37. The summed E-state index contributed by atoms with van der Waals surface area (Å²) in [5, 5.41) is 3.43. The number of fused-ring (bicyclic) bond motifs is 3. The number of nitrogens with one attached hydrogen (secondary N) is 1. The number of anilines is 1. The third-order valence-electron chi connectivity index (χ3n) is 3.62. The SMILES string of the molecule is C[C@@H]1CNC[C@H]2Cc3cc(Br)c(CF)nc3N21. The first kappa shape index (κ1) is 11.4. The lowest BCUT2D eigenvalue weighted by molar-refractivity contribution is 0.426. The van der Waals surface area contributed by atoms with Crippen LogP contribution in [0.15, 0.2) is 10.5 Å². The standard InChI is InChI=1S/C12H15BrFN3/c1-7-5-15-6-9-2-8-3-10(13)11(4-14)16-12(8)17(7)9/h3,7,9,15H,2,4-6H2,1H3/t7-,9-/m1/s1. The Bertz CT molecular complexity index is 452. The zero-order valence-corrected chi connectivity index (χ0v) is 11.3. The highest BCUT2D eigenvalue weighted by atomic mass is 79.9. The summed E-state index contributed by atoms with van der Waals surface area (Å²) in [6.07, 6.45) is 1.00. The summed E-state index contributed by atoms with van der Waals surface area (Å²) in [5.41, 5.74) is 1.74. The van der Waals surface area contributed by atoms with Crippen molar-refractivity contribution in [2.75, 3.05) is 18.0 Å². The van der Waals surface area contributed by atoms with Crippen molar-refractivity contribution in [2.45, 2.75) is 32.1 Å². The van der Waals surface area contributed by atoms with Gasteiger partial charge in [-0.2, -0.15) is 0 Å². The molecule has 0 aromatic carbocycles. The molecule has 0 amide bonds. The minimum Gasteiger partial charge on any atom is -0.348 e. The molecule has 0 unspecified atom stereocenters. The topological polar surface area (TPSA) is 28.2 Å². The van der Waals surface area contributed by atoms with Crippen molar-refractivity contribution in [1.29, 1.82) is 0 Å². The third-order valence-corrected chi connectivity index (χ3v) is 4.31. The number of halogens is 2. The summed E-state index contributed by atoms with van der Waals surface area (Å²) >= 11 is 3.39. The summed E-state index contributed by atoms with van der Waals surface area (Å²) in [4.78, 5) is 6.83. The molecule has 0 saturated carbocycles. The molecule has 1 fully saturated rings. The van der Waals surface area contributed by atoms with Gasteiger partial charge in [0, 0.05) is 29.6 Å². The highest BCUT2D eigenvalue weighted by molar-refractivity contribution is 9.10. The Morgan fingerprint density at radius 2 is 2.41 bits per heavy atom. The largest absolute Gasteiger partial charge is 0.348 e. The van der Waals surface area contributed by atoms with E-state index in [0.717, 1.165) is 29.8 Å². The summed E-state index contributed by atoms with van der Waals surface area (Å²) in [6, 6.07) is 2.93. The number of aromatic nitrogens is 1. The van der Waals surface area contributed by atoms with Gasteiger partial charge in [0.25, 0.3) is 0 Å². The number of hydrogen-bond acceptors (Lipinski definition) is 3. The van der Waals surface area contributed by atoms with Gasteiger partial charge in [-0.15, -0.1) is 0 Å². The molecule has 2 aliphatic heterocycles. The molecule has 0 radical (unpaired) electrons. The van der Waals surface area contributed by atoms with E-state index in [0.29, 0.717) is 17.8 Å². The average molecular weight is 300 g/mol. The van der Waals surface area contributed by atoms with Gasteiger partial charge in [0.2, 0.25) is 0 Å². The lowest BCUT2D eigenvalue weighted by Crippen LogP contribution is -2.55. The molecular weight excluding hydrogens is 285 g/mol. The molecule has 1 aromatic heterocycles. The molecule has 1 N–H and O–H groups in total. The average Bonchev–Trinajstić information content (AvgIpc) is 2.66. The molecule has 92 valence electrons. The minimum atomic E-state index is -0.515. The van der Waals surface area contributed by atoms with E-state index in [2.05, 4.69) is 38.1 Å². The molecule has 17 heavy (non-hydrogen) atoms. The van der Waals surface area contributed by atoms with Gasteiger partial charge >= 0.3 is 0 Å². The zero-order valence-electron chi connectivity index (χ0n) is 9.71. The Hall–Kier alpha value is -0.680. The van der Waals surface area contributed by atoms with Crippen LogP contribution in [0.3, 0.4) is 0 Å². The van der Waals surface area contributed by atoms with E-state index in [4.69, 9.17) is 0 Å². The fraction of sp³-hybridized carbons (Fsp3) is 0.583. The van der Waals surface area contributed by atoms with Crippen molar-refractivity contribution in [1.82, 2.24) is 10.3 Å². The number of rotatable bonds is 1. The Labute approximate surface area is 109 Å². The maximum absolute atomic E-state index is 12.9. The van der Waals surface area contributed by atoms with Gasteiger partial charge in [-0.3, -0.25) is 0 Å². The molecule has 0 bridgehead atoms. The first-order valence-electron chi connectivity index (χ1n) is 5.94. The van der Waals surface area contributed by atoms with Gasteiger partial charge in [-0.25, -0.2) is 9.37 Å². The second-order valence-electron chi connectivity index (χ2n) is 4.81. The van der Waals surface area contributed by atoms with Crippen LogP contribution < -0.4 is 10.2 Å². The molecule has 5 heteroatoms. The second kappa shape index (κ2) is 4.21. The van der Waals surface area contributed by atoms with Crippen molar-refractivity contribution in [3.05, 3.63) is 21.8 Å². The predicted molar refractivity (Wildman–Crippen MR) is 69.1 cm³/mol. The molecule has 3 nitrogen and oxygen atoms in total. The Kier molecular flexibility index (Phi) is 2.83. The van der Waals surface area contributed by atoms with Crippen LogP contribution >= 0.6 is 15.9 Å². The molecule has 0 aliphatic carbocycles. The van der Waals surface area contributed by atoms with Gasteiger partial charge in [-0.1, -0.05) is 0 Å². The van der Waals surface area contributed by atoms with Gasteiger partial charge in [0.05, 0.1) is 5.69 Å². The first-order chi connectivity index (χ1) is 8.20. The van der Waals surface area contributed by atoms with Crippen LogP contribution in [-0.4, -0.2) is 30.2 Å². The normalized spacial score (nSPS) is 26.9. The highest BCUT2D eigenvalue weighted by Crippen LogP contribution is 2.36. The van der Waals surface area contributed by atoms with Gasteiger partial charge in [0.1, 0.15) is 12.5 Å². The Morgan fingerprint density at radius 3 is 3.18 bits per heavy atom.